The number of ether oxygens (including phenoxy) is 1. The Morgan fingerprint density at radius 1 is 1.03 bits per heavy atom. The number of fused-ring (bicyclic) bond motifs is 1. The van der Waals surface area contributed by atoms with Crippen molar-refractivity contribution in [1.29, 1.82) is 0 Å². The fourth-order valence-electron chi connectivity index (χ4n) is 3.99. The summed E-state index contributed by atoms with van der Waals surface area (Å²) < 4.78 is 75.3. The molecule has 3 aromatic heterocycles. The highest BCUT2D eigenvalue weighted by molar-refractivity contribution is 7.98. The van der Waals surface area contributed by atoms with E-state index in [-0.39, 0.29) is 26.6 Å². The molecule has 0 spiro atoms. The normalized spacial score (nSPS) is 14.9. The third kappa shape index (κ3) is 4.42. The Hall–Kier alpha value is -3.16. The highest BCUT2D eigenvalue weighted by Gasteiger charge is 2.37. The summed E-state index contributed by atoms with van der Waals surface area (Å²) in [5.74, 6) is 0.503. The van der Waals surface area contributed by atoms with Crippen LogP contribution in [0.15, 0.2) is 64.9 Å². The number of anilines is 1. The molecule has 13 heteroatoms. The second-order valence-electron chi connectivity index (χ2n) is 7.91. The quantitative estimate of drug-likeness (QED) is 0.276. The van der Waals surface area contributed by atoms with Crippen LogP contribution in [0.2, 0.25) is 0 Å². The van der Waals surface area contributed by atoms with E-state index >= 15 is 0 Å². The van der Waals surface area contributed by atoms with Gasteiger partial charge in [-0.1, -0.05) is 30.0 Å². The predicted octanol–water partition coefficient (Wildman–Crippen LogP) is 4.31. The van der Waals surface area contributed by atoms with E-state index in [1.165, 1.54) is 12.1 Å². The Balaban J connectivity index is 1.80. The Labute approximate surface area is 209 Å². The van der Waals surface area contributed by atoms with Gasteiger partial charge >= 0.3 is 6.18 Å². The zero-order valence-electron chi connectivity index (χ0n) is 18.9. The first-order valence-electron chi connectivity index (χ1n) is 10.8. The molecule has 5 rings (SSSR count). The highest BCUT2D eigenvalue weighted by Crippen LogP contribution is 2.40. The van der Waals surface area contributed by atoms with Gasteiger partial charge in [0.05, 0.1) is 23.8 Å². The van der Waals surface area contributed by atoms with Crippen LogP contribution < -0.4 is 4.90 Å². The summed E-state index contributed by atoms with van der Waals surface area (Å²) in [5, 5.41) is 0.352. The number of alkyl halides is 3. The molecule has 0 amide bonds. The minimum Gasteiger partial charge on any atom is -0.378 e. The van der Waals surface area contributed by atoms with Gasteiger partial charge in [0.1, 0.15) is 11.4 Å². The fourth-order valence-corrected chi connectivity index (χ4v) is 5.67. The lowest BCUT2D eigenvalue weighted by Gasteiger charge is -2.27. The van der Waals surface area contributed by atoms with Crippen LogP contribution in [0.1, 0.15) is 5.56 Å². The van der Waals surface area contributed by atoms with Gasteiger partial charge in [-0.05, 0) is 30.5 Å². The molecule has 4 aromatic rings. The maximum absolute atomic E-state index is 13.9. The van der Waals surface area contributed by atoms with Gasteiger partial charge in [0, 0.05) is 36.4 Å². The lowest BCUT2D eigenvalue weighted by molar-refractivity contribution is -0.137. The summed E-state index contributed by atoms with van der Waals surface area (Å²) >= 11 is 1.08. The average Bonchev–Trinajstić information content (AvgIpc) is 3.28. The fraction of sp³-hybridized carbons (Fsp3) is 0.261. The van der Waals surface area contributed by atoms with Crippen molar-refractivity contribution in [3.05, 3.63) is 60.4 Å². The first-order chi connectivity index (χ1) is 17.2. The van der Waals surface area contributed by atoms with Crippen molar-refractivity contribution in [3.8, 4) is 11.3 Å². The van der Waals surface area contributed by atoms with E-state index in [9.17, 15) is 21.6 Å². The summed E-state index contributed by atoms with van der Waals surface area (Å²) in [4.78, 5) is 14.4. The Morgan fingerprint density at radius 2 is 1.75 bits per heavy atom. The van der Waals surface area contributed by atoms with E-state index in [4.69, 9.17) is 4.74 Å². The van der Waals surface area contributed by atoms with E-state index in [0.29, 0.717) is 32.1 Å². The Kier molecular flexibility index (Phi) is 6.39. The minimum absolute atomic E-state index is 0.00411. The van der Waals surface area contributed by atoms with E-state index in [2.05, 4.69) is 15.0 Å². The summed E-state index contributed by atoms with van der Waals surface area (Å²) in [6.07, 6.45) is -1.23. The van der Waals surface area contributed by atoms with Gasteiger partial charge in [-0.2, -0.15) is 13.2 Å². The van der Waals surface area contributed by atoms with Crippen molar-refractivity contribution in [2.45, 2.75) is 16.2 Å². The molecule has 0 radical (unpaired) electrons. The van der Waals surface area contributed by atoms with Crippen molar-refractivity contribution in [2.75, 3.05) is 37.5 Å². The number of hydrogen-bond acceptors (Lipinski definition) is 8. The summed E-state index contributed by atoms with van der Waals surface area (Å²) in [7, 11) is -4.18. The van der Waals surface area contributed by atoms with Crippen LogP contribution in [0.3, 0.4) is 0 Å². The van der Waals surface area contributed by atoms with Crippen molar-refractivity contribution in [1.82, 2.24) is 18.9 Å². The van der Waals surface area contributed by atoms with Crippen LogP contribution in [-0.4, -0.2) is 59.9 Å². The molecule has 1 saturated heterocycles. The van der Waals surface area contributed by atoms with Crippen LogP contribution in [0.25, 0.3) is 22.3 Å². The van der Waals surface area contributed by atoms with Gasteiger partial charge in [-0.3, -0.25) is 0 Å². The number of nitrogens with zero attached hydrogens (tertiary/aromatic N) is 5. The standard InChI is InChI=1S/C23H20F3N5O3S2/c1-35-22-27-13-18(23(24,25)26)20(29-22)17-14-31(36(32,33)15-5-3-2-4-6-15)21-16(17)7-8-19(28-21)30-9-11-34-12-10-30/h2-8,13-14H,9-12H2,1H3. The van der Waals surface area contributed by atoms with Gasteiger partial charge in [0.15, 0.2) is 10.8 Å². The second-order valence-corrected chi connectivity index (χ2v) is 10.5. The van der Waals surface area contributed by atoms with Gasteiger partial charge in [0.2, 0.25) is 0 Å². The largest absolute Gasteiger partial charge is 0.419 e. The van der Waals surface area contributed by atoms with Crippen LogP contribution in [0.4, 0.5) is 19.0 Å². The molecule has 0 atom stereocenters. The number of halogens is 3. The van der Waals surface area contributed by atoms with Crippen molar-refractivity contribution in [3.63, 3.8) is 0 Å². The van der Waals surface area contributed by atoms with Crippen LogP contribution in [-0.2, 0) is 20.9 Å². The van der Waals surface area contributed by atoms with E-state index in [0.717, 1.165) is 28.1 Å². The summed E-state index contributed by atoms with van der Waals surface area (Å²) in [5.41, 5.74) is -1.46. The molecular weight excluding hydrogens is 515 g/mol. The molecule has 0 saturated carbocycles. The molecule has 1 aliphatic rings. The Bertz CT molecular complexity index is 1520. The molecule has 0 aliphatic carbocycles. The SMILES string of the molecule is CSc1ncc(C(F)(F)F)c(-c2cn(S(=O)(=O)c3ccccc3)c3nc(N4CCOCC4)ccc23)n1. The van der Waals surface area contributed by atoms with Crippen LogP contribution >= 0.6 is 11.8 Å². The number of thioether (sulfide) groups is 1. The molecule has 4 heterocycles. The maximum Gasteiger partial charge on any atom is 0.419 e. The van der Waals surface area contributed by atoms with E-state index in [1.807, 2.05) is 4.90 Å². The Morgan fingerprint density at radius 3 is 2.42 bits per heavy atom. The monoisotopic (exact) mass is 535 g/mol. The molecular formula is C23H20F3N5O3S2. The second kappa shape index (κ2) is 9.37. The van der Waals surface area contributed by atoms with Crippen LogP contribution in [0, 0.1) is 0 Å². The number of benzene rings is 1. The van der Waals surface area contributed by atoms with Crippen molar-refractivity contribution < 1.29 is 26.3 Å². The third-order valence-electron chi connectivity index (χ3n) is 5.75. The molecule has 0 N–H and O–H groups in total. The molecule has 0 unspecified atom stereocenters. The lowest BCUT2D eigenvalue weighted by Crippen LogP contribution is -2.36. The number of aromatic nitrogens is 4. The topological polar surface area (TPSA) is 90.2 Å². The molecule has 8 nitrogen and oxygen atoms in total. The average molecular weight is 536 g/mol. The smallest absolute Gasteiger partial charge is 0.378 e. The molecule has 36 heavy (non-hydrogen) atoms. The first-order valence-corrected chi connectivity index (χ1v) is 13.5. The number of pyridine rings is 1. The number of morpholine rings is 1. The highest BCUT2D eigenvalue weighted by atomic mass is 32.2. The van der Waals surface area contributed by atoms with Gasteiger partial charge < -0.3 is 9.64 Å². The zero-order chi connectivity index (χ0) is 25.5. The molecule has 188 valence electrons. The van der Waals surface area contributed by atoms with E-state index in [1.54, 1.807) is 36.6 Å². The molecule has 1 aliphatic heterocycles. The van der Waals surface area contributed by atoms with Gasteiger partial charge in [-0.25, -0.2) is 27.3 Å². The van der Waals surface area contributed by atoms with Crippen molar-refractivity contribution in [2.24, 2.45) is 0 Å². The van der Waals surface area contributed by atoms with Crippen LogP contribution in [0.5, 0.6) is 0 Å². The lowest BCUT2D eigenvalue weighted by atomic mass is 10.1. The summed E-state index contributed by atoms with van der Waals surface area (Å²) in [6.45, 7) is 2.08. The van der Waals surface area contributed by atoms with Crippen molar-refractivity contribution >= 4 is 38.6 Å². The summed E-state index contributed by atoms with van der Waals surface area (Å²) in [6, 6.07) is 10.9. The zero-order valence-corrected chi connectivity index (χ0v) is 20.6. The minimum atomic E-state index is -4.75. The number of hydrogen-bond donors (Lipinski definition) is 0. The predicted molar refractivity (Wildman–Crippen MR) is 130 cm³/mol. The van der Waals surface area contributed by atoms with Gasteiger partial charge in [-0.15, -0.1) is 0 Å². The van der Waals surface area contributed by atoms with Gasteiger partial charge in [0.25, 0.3) is 10.0 Å². The molecule has 1 aromatic carbocycles. The molecule has 0 bridgehead atoms. The maximum atomic E-state index is 13.9. The molecule has 1 fully saturated rings. The number of rotatable bonds is 5. The van der Waals surface area contributed by atoms with E-state index < -0.39 is 27.5 Å². The third-order valence-corrected chi connectivity index (χ3v) is 7.98. The first kappa shape index (κ1) is 24.5.